The summed E-state index contributed by atoms with van der Waals surface area (Å²) in [5.41, 5.74) is 12.4. The van der Waals surface area contributed by atoms with Crippen LogP contribution in [0.5, 0.6) is 0 Å². The summed E-state index contributed by atoms with van der Waals surface area (Å²) in [6.07, 6.45) is 15.0. The molecule has 1 aromatic carbocycles. The Bertz CT molecular complexity index is 885. The van der Waals surface area contributed by atoms with Crippen molar-refractivity contribution >= 4 is 11.5 Å². The van der Waals surface area contributed by atoms with Crippen LogP contribution in [-0.4, -0.2) is 5.78 Å². The molecule has 5 rings (SSSR count). The van der Waals surface area contributed by atoms with Crippen molar-refractivity contribution < 1.29 is 4.79 Å². The molecule has 0 fully saturated rings. The maximum atomic E-state index is 11.9. The Labute approximate surface area is 156 Å². The second-order valence-corrected chi connectivity index (χ2v) is 7.95. The first kappa shape index (κ1) is 17.1. The van der Waals surface area contributed by atoms with Gasteiger partial charge >= 0.3 is 0 Å². The predicted molar refractivity (Wildman–Crippen MR) is 108 cm³/mol. The molecule has 0 saturated heterocycles. The Morgan fingerprint density at radius 3 is 2.77 bits per heavy atom. The monoisotopic (exact) mass is 345 g/mol. The number of ketones is 1. The second kappa shape index (κ2) is 6.12. The van der Waals surface area contributed by atoms with Gasteiger partial charge in [-0.2, -0.15) is 0 Å². The normalized spacial score (nSPS) is 31.4. The number of hydrogen-bond donors (Lipinski definition) is 1. The van der Waals surface area contributed by atoms with Gasteiger partial charge in [0.15, 0.2) is 0 Å². The summed E-state index contributed by atoms with van der Waals surface area (Å²) in [5.74, 6) is 1.45. The highest BCUT2D eigenvalue weighted by Crippen LogP contribution is 2.64. The molecule has 4 atom stereocenters. The van der Waals surface area contributed by atoms with Gasteiger partial charge in [-0.05, 0) is 67.9 Å². The number of rotatable bonds is 4. The lowest BCUT2D eigenvalue weighted by Gasteiger charge is -2.58. The Kier molecular flexibility index (Phi) is 4.02. The minimum absolute atomic E-state index is 0.147. The lowest BCUT2D eigenvalue weighted by atomic mass is 9.45. The minimum atomic E-state index is -0.147. The lowest BCUT2D eigenvalue weighted by molar-refractivity contribution is -0.117. The zero-order chi connectivity index (χ0) is 18.5. The number of Topliss-reactive ketones (excluding diaryl/α,β-unsaturated/α-hetero) is 1. The average Bonchev–Trinajstić information content (AvgIpc) is 2.63. The van der Waals surface area contributed by atoms with Crippen LogP contribution in [-0.2, 0) is 10.2 Å². The van der Waals surface area contributed by atoms with Crippen molar-refractivity contribution in [3.05, 3.63) is 76.9 Å². The van der Waals surface area contributed by atoms with Crippen LogP contribution in [0, 0.1) is 11.8 Å². The second-order valence-electron chi connectivity index (χ2n) is 7.95. The van der Waals surface area contributed by atoms with E-state index in [1.54, 1.807) is 6.92 Å². The van der Waals surface area contributed by atoms with Gasteiger partial charge in [0, 0.05) is 23.4 Å². The number of benzene rings is 1. The zero-order valence-electron chi connectivity index (χ0n) is 15.8. The number of carbonyl (C=O) groups is 1. The van der Waals surface area contributed by atoms with E-state index in [0.717, 1.165) is 12.1 Å². The van der Waals surface area contributed by atoms with E-state index < -0.39 is 0 Å². The molecule has 0 radical (unpaired) electrons. The van der Waals surface area contributed by atoms with Crippen LogP contribution >= 0.6 is 0 Å². The molecule has 2 bridgehead atoms. The Hall–Kier alpha value is -2.35. The molecule has 134 valence electrons. The molecule has 2 heteroatoms. The highest BCUT2D eigenvalue weighted by molar-refractivity contribution is 5.76. The molecule has 1 aromatic rings. The third-order valence-electron chi connectivity index (χ3n) is 6.68. The minimum Gasteiger partial charge on any atom is -0.399 e. The van der Waals surface area contributed by atoms with E-state index in [1.807, 2.05) is 6.07 Å². The first-order valence-corrected chi connectivity index (χ1v) is 9.59. The molecule has 0 saturated carbocycles. The molecule has 0 amide bonds. The zero-order valence-corrected chi connectivity index (χ0v) is 15.8. The van der Waals surface area contributed by atoms with Crippen LogP contribution < -0.4 is 5.73 Å². The standard InChI is InChI=1S/C24H27NO/c1-4-7-18-16(3)24(13-12-15(2)26)21-9-6-5-8-19(21)23(18)20-11-10-17(25)14-22(20)24/h4-11,14,19,21,23H,12-13,25H2,1-3H3/b7-4-. The van der Waals surface area contributed by atoms with Crippen molar-refractivity contribution in [3.63, 3.8) is 0 Å². The summed E-state index contributed by atoms with van der Waals surface area (Å²) >= 11 is 0. The fourth-order valence-electron chi connectivity index (χ4n) is 5.64. The molecule has 26 heavy (non-hydrogen) atoms. The van der Waals surface area contributed by atoms with E-state index in [-0.39, 0.29) is 11.2 Å². The lowest BCUT2D eigenvalue weighted by Crippen LogP contribution is -2.51. The Morgan fingerprint density at radius 2 is 2.04 bits per heavy atom. The van der Waals surface area contributed by atoms with E-state index in [2.05, 4.69) is 62.4 Å². The Balaban J connectivity index is 2.03. The van der Waals surface area contributed by atoms with Crippen LogP contribution in [0.3, 0.4) is 0 Å². The summed E-state index contributed by atoms with van der Waals surface area (Å²) in [6.45, 7) is 6.06. The van der Waals surface area contributed by atoms with Gasteiger partial charge < -0.3 is 10.5 Å². The highest BCUT2D eigenvalue weighted by atomic mass is 16.1. The molecule has 2 nitrogen and oxygen atoms in total. The molecular weight excluding hydrogens is 318 g/mol. The van der Waals surface area contributed by atoms with E-state index in [0.29, 0.717) is 24.2 Å². The topological polar surface area (TPSA) is 43.1 Å². The van der Waals surface area contributed by atoms with E-state index in [9.17, 15) is 4.79 Å². The molecule has 0 heterocycles. The van der Waals surface area contributed by atoms with Crippen molar-refractivity contribution in [2.24, 2.45) is 11.8 Å². The fraction of sp³-hybridized carbons (Fsp3) is 0.375. The third-order valence-corrected chi connectivity index (χ3v) is 6.68. The van der Waals surface area contributed by atoms with Crippen molar-refractivity contribution in [2.45, 2.75) is 44.9 Å². The smallest absolute Gasteiger partial charge is 0.129 e. The number of hydrogen-bond acceptors (Lipinski definition) is 2. The summed E-state index contributed by atoms with van der Waals surface area (Å²) in [4.78, 5) is 11.9. The van der Waals surface area contributed by atoms with Gasteiger partial charge in [-0.25, -0.2) is 0 Å². The van der Waals surface area contributed by atoms with E-state index in [1.165, 1.54) is 22.3 Å². The summed E-state index contributed by atoms with van der Waals surface area (Å²) < 4.78 is 0. The van der Waals surface area contributed by atoms with Crippen molar-refractivity contribution in [1.82, 2.24) is 0 Å². The van der Waals surface area contributed by atoms with Crippen LogP contribution in [0.15, 0.2) is 65.8 Å². The van der Waals surface area contributed by atoms with Crippen LogP contribution in [0.1, 0.15) is 50.7 Å². The Morgan fingerprint density at radius 1 is 1.27 bits per heavy atom. The fourth-order valence-corrected chi connectivity index (χ4v) is 5.64. The van der Waals surface area contributed by atoms with Crippen LogP contribution in [0.2, 0.25) is 0 Å². The molecule has 0 aliphatic heterocycles. The van der Waals surface area contributed by atoms with E-state index >= 15 is 0 Å². The van der Waals surface area contributed by atoms with Gasteiger partial charge in [-0.1, -0.05) is 48.1 Å². The quantitative estimate of drug-likeness (QED) is 0.759. The predicted octanol–water partition coefficient (Wildman–Crippen LogP) is 5.24. The number of anilines is 1. The van der Waals surface area contributed by atoms with Crippen LogP contribution in [0.25, 0.3) is 0 Å². The highest BCUT2D eigenvalue weighted by Gasteiger charge is 2.56. The number of allylic oxidation sites excluding steroid dienone is 8. The molecule has 4 unspecified atom stereocenters. The molecule has 0 aromatic heterocycles. The van der Waals surface area contributed by atoms with Gasteiger partial charge in [0.25, 0.3) is 0 Å². The molecule has 2 N–H and O–H groups in total. The summed E-state index contributed by atoms with van der Waals surface area (Å²) in [6, 6.07) is 6.41. The summed E-state index contributed by atoms with van der Waals surface area (Å²) in [5, 5.41) is 0. The van der Waals surface area contributed by atoms with Gasteiger partial charge in [0.1, 0.15) is 5.78 Å². The van der Waals surface area contributed by atoms with Gasteiger partial charge in [-0.15, -0.1) is 0 Å². The first-order valence-electron chi connectivity index (χ1n) is 9.59. The van der Waals surface area contributed by atoms with Crippen LogP contribution in [0.4, 0.5) is 5.69 Å². The number of carbonyl (C=O) groups excluding carboxylic acids is 1. The SMILES string of the molecule is C/C=C\C1=C(C)C2(CCC(C)=O)c3cc(N)ccc3C1C1C=CC=CC12. The molecule has 4 aliphatic rings. The maximum absolute atomic E-state index is 11.9. The molecular formula is C24H27NO. The van der Waals surface area contributed by atoms with E-state index in [4.69, 9.17) is 5.73 Å². The van der Waals surface area contributed by atoms with Gasteiger partial charge in [-0.3, -0.25) is 0 Å². The largest absolute Gasteiger partial charge is 0.399 e. The number of nitrogens with two attached hydrogens (primary N) is 1. The molecule has 0 spiro atoms. The van der Waals surface area contributed by atoms with Crippen molar-refractivity contribution in [2.75, 3.05) is 5.73 Å². The molecule has 4 aliphatic carbocycles. The average molecular weight is 345 g/mol. The maximum Gasteiger partial charge on any atom is 0.129 e. The first-order chi connectivity index (χ1) is 12.5. The third kappa shape index (κ3) is 2.21. The van der Waals surface area contributed by atoms with Crippen molar-refractivity contribution in [3.8, 4) is 0 Å². The number of nitrogen functional groups attached to an aromatic ring is 1. The van der Waals surface area contributed by atoms with Gasteiger partial charge in [0.05, 0.1) is 0 Å². The van der Waals surface area contributed by atoms with Crippen molar-refractivity contribution in [1.29, 1.82) is 0 Å². The van der Waals surface area contributed by atoms with Gasteiger partial charge in [0.2, 0.25) is 0 Å². The summed E-state index contributed by atoms with van der Waals surface area (Å²) in [7, 11) is 0.